The van der Waals surface area contributed by atoms with Gasteiger partial charge in [-0.05, 0) is 74.7 Å². The first-order chi connectivity index (χ1) is 13.8. The summed E-state index contributed by atoms with van der Waals surface area (Å²) < 4.78 is 31.5. The van der Waals surface area contributed by atoms with Gasteiger partial charge in [0.2, 0.25) is 0 Å². The molecule has 0 saturated carbocycles. The van der Waals surface area contributed by atoms with E-state index >= 15 is 0 Å². The molecule has 0 unspecified atom stereocenters. The number of rotatable bonds is 6. The first-order valence-electron chi connectivity index (χ1n) is 9.16. The number of carbonyl (C=O) groups excluding carboxylic acids is 1. The van der Waals surface area contributed by atoms with Crippen LogP contribution in [0.25, 0.3) is 11.0 Å². The molecule has 1 N–H and O–H groups in total. The fraction of sp³-hybridized carbons (Fsp3) is 0.286. The molecule has 0 atom stereocenters. The van der Waals surface area contributed by atoms with E-state index in [1.807, 2.05) is 19.9 Å². The number of fused-ring (bicyclic) bond motifs is 1. The molecule has 0 bridgehead atoms. The third-order valence-corrected chi connectivity index (χ3v) is 4.59. The highest BCUT2D eigenvalue weighted by molar-refractivity contribution is 5.98. The van der Waals surface area contributed by atoms with Gasteiger partial charge in [-0.15, -0.1) is 0 Å². The number of nitrogens with zero attached hydrogens (tertiary/aromatic N) is 3. The van der Waals surface area contributed by atoms with E-state index in [-0.39, 0.29) is 11.7 Å². The highest BCUT2D eigenvalue weighted by Crippen LogP contribution is 2.26. The number of benzene rings is 2. The highest BCUT2D eigenvalue weighted by Gasteiger charge is 2.12. The van der Waals surface area contributed by atoms with E-state index in [0.29, 0.717) is 22.3 Å². The van der Waals surface area contributed by atoms with E-state index in [1.165, 1.54) is 6.21 Å². The first kappa shape index (κ1) is 20.4. The van der Waals surface area contributed by atoms with Crippen molar-refractivity contribution in [3.05, 3.63) is 58.4 Å². The van der Waals surface area contributed by atoms with Crippen molar-refractivity contribution in [3.8, 4) is 5.75 Å². The summed E-state index contributed by atoms with van der Waals surface area (Å²) in [7, 11) is 0. The Balaban J connectivity index is 1.73. The minimum absolute atomic E-state index is 0.149. The summed E-state index contributed by atoms with van der Waals surface area (Å²) in [5.41, 5.74) is 6.43. The van der Waals surface area contributed by atoms with Gasteiger partial charge in [0, 0.05) is 12.1 Å². The van der Waals surface area contributed by atoms with Crippen LogP contribution >= 0.6 is 0 Å². The molecule has 6 nitrogen and oxygen atoms in total. The molecule has 2 aromatic carbocycles. The van der Waals surface area contributed by atoms with Crippen LogP contribution in [0.1, 0.15) is 39.8 Å². The van der Waals surface area contributed by atoms with Gasteiger partial charge in [0.15, 0.2) is 0 Å². The largest absolute Gasteiger partial charge is 0.434 e. The van der Waals surface area contributed by atoms with Crippen LogP contribution < -0.4 is 10.2 Å². The average Bonchev–Trinajstić information content (AvgIpc) is 2.98. The SMILES string of the molecule is CCn1c(C)nc2cc(C(=O)N/N=C\c3cc(C)c(OC(F)F)c(C)c3)ccc21. The molecule has 1 amide bonds. The van der Waals surface area contributed by atoms with Crippen molar-refractivity contribution < 1.29 is 18.3 Å². The number of halogens is 2. The Morgan fingerprint density at radius 1 is 1.24 bits per heavy atom. The van der Waals surface area contributed by atoms with Crippen LogP contribution in [0, 0.1) is 20.8 Å². The van der Waals surface area contributed by atoms with Crippen molar-refractivity contribution in [2.75, 3.05) is 0 Å². The number of aromatic nitrogens is 2. The minimum atomic E-state index is -2.88. The predicted octanol–water partition coefficient (Wildman–Crippen LogP) is 4.35. The van der Waals surface area contributed by atoms with Gasteiger partial charge in [0.25, 0.3) is 5.91 Å². The number of aryl methyl sites for hydroxylation is 4. The van der Waals surface area contributed by atoms with Crippen LogP contribution in [0.3, 0.4) is 0 Å². The summed E-state index contributed by atoms with van der Waals surface area (Å²) >= 11 is 0. The second-order valence-electron chi connectivity index (χ2n) is 6.67. The van der Waals surface area contributed by atoms with E-state index in [1.54, 1.807) is 38.1 Å². The number of carbonyl (C=O) groups is 1. The number of alkyl halides is 2. The van der Waals surface area contributed by atoms with Gasteiger partial charge < -0.3 is 9.30 Å². The summed E-state index contributed by atoms with van der Waals surface area (Å²) in [6.45, 7) is 5.24. The molecular formula is C21H22F2N4O2. The molecule has 152 valence electrons. The Morgan fingerprint density at radius 2 is 1.93 bits per heavy atom. The Labute approximate surface area is 167 Å². The molecule has 0 aliphatic carbocycles. The Hall–Kier alpha value is -3.29. The summed E-state index contributed by atoms with van der Waals surface area (Å²) in [6.07, 6.45) is 1.46. The lowest BCUT2D eigenvalue weighted by Crippen LogP contribution is -2.17. The molecule has 0 saturated heterocycles. The molecule has 0 radical (unpaired) electrons. The van der Waals surface area contributed by atoms with Crippen molar-refractivity contribution in [2.24, 2.45) is 5.10 Å². The second kappa shape index (κ2) is 8.38. The molecular weight excluding hydrogens is 378 g/mol. The summed E-state index contributed by atoms with van der Waals surface area (Å²) in [5, 5.41) is 3.97. The van der Waals surface area contributed by atoms with Gasteiger partial charge in [-0.3, -0.25) is 4.79 Å². The van der Waals surface area contributed by atoms with Crippen molar-refractivity contribution in [2.45, 2.75) is 40.9 Å². The van der Waals surface area contributed by atoms with E-state index in [2.05, 4.69) is 24.8 Å². The van der Waals surface area contributed by atoms with Gasteiger partial charge in [-0.2, -0.15) is 13.9 Å². The summed E-state index contributed by atoms with van der Waals surface area (Å²) in [5.74, 6) is 0.678. The normalized spacial score (nSPS) is 11.6. The number of hydrogen-bond donors (Lipinski definition) is 1. The number of ether oxygens (including phenoxy) is 1. The van der Waals surface area contributed by atoms with Crippen LogP contribution in [0.2, 0.25) is 0 Å². The summed E-state index contributed by atoms with van der Waals surface area (Å²) in [6, 6.07) is 8.64. The second-order valence-corrected chi connectivity index (χ2v) is 6.67. The molecule has 8 heteroatoms. The lowest BCUT2D eigenvalue weighted by Gasteiger charge is -2.11. The standard InChI is InChI=1S/C21H22F2N4O2/c1-5-27-14(4)25-17-10-16(6-7-18(17)27)20(28)26-24-11-15-8-12(2)19(13(3)9-15)29-21(22)23/h6-11,21H,5H2,1-4H3,(H,26,28)/b24-11-. The lowest BCUT2D eigenvalue weighted by atomic mass is 10.1. The first-order valence-corrected chi connectivity index (χ1v) is 9.16. The number of hydrogen-bond acceptors (Lipinski definition) is 4. The zero-order chi connectivity index (χ0) is 21.1. The monoisotopic (exact) mass is 400 g/mol. The predicted molar refractivity (Wildman–Crippen MR) is 108 cm³/mol. The number of amides is 1. The number of imidazole rings is 1. The zero-order valence-corrected chi connectivity index (χ0v) is 16.7. The van der Waals surface area contributed by atoms with Crippen LogP contribution in [-0.4, -0.2) is 28.3 Å². The molecule has 0 aliphatic rings. The van der Waals surface area contributed by atoms with Gasteiger partial charge in [0.05, 0.1) is 17.2 Å². The van der Waals surface area contributed by atoms with Crippen molar-refractivity contribution in [1.29, 1.82) is 0 Å². The lowest BCUT2D eigenvalue weighted by molar-refractivity contribution is -0.0507. The Morgan fingerprint density at radius 3 is 2.55 bits per heavy atom. The molecule has 1 heterocycles. The Bertz CT molecular complexity index is 1070. The van der Waals surface area contributed by atoms with Gasteiger partial charge in [-0.1, -0.05) is 0 Å². The van der Waals surface area contributed by atoms with E-state index in [9.17, 15) is 13.6 Å². The third-order valence-electron chi connectivity index (χ3n) is 4.59. The van der Waals surface area contributed by atoms with Crippen LogP contribution in [0.4, 0.5) is 8.78 Å². The van der Waals surface area contributed by atoms with Gasteiger partial charge >= 0.3 is 6.61 Å². The van der Waals surface area contributed by atoms with E-state index in [0.717, 1.165) is 23.4 Å². The van der Waals surface area contributed by atoms with Crippen molar-refractivity contribution >= 4 is 23.2 Å². The number of hydrazone groups is 1. The van der Waals surface area contributed by atoms with Crippen LogP contribution in [0.5, 0.6) is 5.75 Å². The highest BCUT2D eigenvalue weighted by atomic mass is 19.3. The van der Waals surface area contributed by atoms with E-state index in [4.69, 9.17) is 0 Å². The number of nitrogens with one attached hydrogen (secondary N) is 1. The van der Waals surface area contributed by atoms with Crippen molar-refractivity contribution in [3.63, 3.8) is 0 Å². The fourth-order valence-corrected chi connectivity index (χ4v) is 3.35. The molecule has 0 aliphatic heterocycles. The molecule has 0 fully saturated rings. The maximum absolute atomic E-state index is 12.5. The van der Waals surface area contributed by atoms with Crippen molar-refractivity contribution in [1.82, 2.24) is 15.0 Å². The summed E-state index contributed by atoms with van der Waals surface area (Å²) in [4.78, 5) is 16.9. The van der Waals surface area contributed by atoms with Crippen LogP contribution in [-0.2, 0) is 6.54 Å². The van der Waals surface area contributed by atoms with Crippen LogP contribution in [0.15, 0.2) is 35.4 Å². The fourth-order valence-electron chi connectivity index (χ4n) is 3.35. The third kappa shape index (κ3) is 4.42. The van der Waals surface area contributed by atoms with Gasteiger partial charge in [0.1, 0.15) is 11.6 Å². The van der Waals surface area contributed by atoms with Gasteiger partial charge in [-0.25, -0.2) is 10.4 Å². The molecule has 3 rings (SSSR count). The zero-order valence-electron chi connectivity index (χ0n) is 16.7. The molecule has 29 heavy (non-hydrogen) atoms. The topological polar surface area (TPSA) is 68.5 Å². The molecule has 3 aromatic rings. The quantitative estimate of drug-likeness (QED) is 0.494. The van der Waals surface area contributed by atoms with E-state index < -0.39 is 6.61 Å². The maximum atomic E-state index is 12.5. The maximum Gasteiger partial charge on any atom is 0.387 e. The average molecular weight is 400 g/mol. The Kier molecular flexibility index (Phi) is 5.91. The molecule has 0 spiro atoms. The smallest absolute Gasteiger partial charge is 0.387 e. The molecule has 1 aromatic heterocycles. The minimum Gasteiger partial charge on any atom is -0.434 e.